The quantitative estimate of drug-likeness (QED) is 0.415. The molecular formula is C22H25N5O2S. The summed E-state index contributed by atoms with van der Waals surface area (Å²) in [5, 5.41) is 12.2. The molecule has 1 heterocycles. The van der Waals surface area contributed by atoms with E-state index in [1.807, 2.05) is 72.1 Å². The number of carbonyl (C=O) groups is 1. The Morgan fingerprint density at radius 2 is 1.93 bits per heavy atom. The summed E-state index contributed by atoms with van der Waals surface area (Å²) in [5.41, 5.74) is 2.67. The first-order valence-corrected chi connectivity index (χ1v) is 10.4. The number of nitrogens with zero attached hydrogens (tertiary/aromatic N) is 4. The molecule has 0 aliphatic carbocycles. The van der Waals surface area contributed by atoms with Crippen LogP contribution in [0, 0.1) is 0 Å². The van der Waals surface area contributed by atoms with Gasteiger partial charge in [-0.15, -0.1) is 16.8 Å². The molecule has 0 saturated carbocycles. The monoisotopic (exact) mass is 423 g/mol. The van der Waals surface area contributed by atoms with E-state index in [0.29, 0.717) is 23.3 Å². The van der Waals surface area contributed by atoms with Crippen molar-refractivity contribution in [1.82, 2.24) is 14.8 Å². The van der Waals surface area contributed by atoms with Crippen molar-refractivity contribution in [2.24, 2.45) is 0 Å². The van der Waals surface area contributed by atoms with Crippen LogP contribution in [0.4, 0.5) is 11.4 Å². The van der Waals surface area contributed by atoms with E-state index in [1.165, 1.54) is 11.8 Å². The molecule has 0 unspecified atom stereocenters. The number of anilines is 2. The Morgan fingerprint density at radius 1 is 1.20 bits per heavy atom. The molecule has 0 fully saturated rings. The molecule has 1 amide bonds. The van der Waals surface area contributed by atoms with Gasteiger partial charge in [0.25, 0.3) is 0 Å². The molecule has 0 bridgehead atoms. The van der Waals surface area contributed by atoms with Crippen molar-refractivity contribution in [2.45, 2.75) is 11.7 Å². The number of allylic oxidation sites excluding steroid dienone is 1. The number of methoxy groups -OCH3 is 1. The van der Waals surface area contributed by atoms with Crippen LogP contribution in [0.5, 0.6) is 5.75 Å². The lowest BCUT2D eigenvalue weighted by Gasteiger charge is -2.13. The summed E-state index contributed by atoms with van der Waals surface area (Å²) in [5.74, 6) is 1.50. The summed E-state index contributed by atoms with van der Waals surface area (Å²) < 4.78 is 7.37. The van der Waals surface area contributed by atoms with Crippen molar-refractivity contribution in [3.8, 4) is 17.1 Å². The number of benzene rings is 2. The summed E-state index contributed by atoms with van der Waals surface area (Å²) >= 11 is 1.33. The lowest BCUT2D eigenvalue weighted by Crippen LogP contribution is -2.15. The van der Waals surface area contributed by atoms with Gasteiger partial charge in [0.15, 0.2) is 11.0 Å². The third-order valence-electron chi connectivity index (χ3n) is 4.38. The Labute approximate surface area is 180 Å². The number of hydrogen-bond donors (Lipinski definition) is 1. The van der Waals surface area contributed by atoms with E-state index in [0.717, 1.165) is 16.9 Å². The molecule has 7 nitrogen and oxygen atoms in total. The molecule has 2 aromatic carbocycles. The number of para-hydroxylation sites is 1. The number of aromatic nitrogens is 3. The number of thioether (sulfide) groups is 1. The number of ether oxygens (including phenoxy) is 1. The van der Waals surface area contributed by atoms with Crippen molar-refractivity contribution < 1.29 is 9.53 Å². The minimum Gasteiger partial charge on any atom is -0.496 e. The number of hydrogen-bond acceptors (Lipinski definition) is 6. The van der Waals surface area contributed by atoms with Gasteiger partial charge < -0.3 is 15.0 Å². The zero-order chi connectivity index (χ0) is 21.5. The van der Waals surface area contributed by atoms with E-state index < -0.39 is 0 Å². The van der Waals surface area contributed by atoms with Crippen LogP contribution in [0.25, 0.3) is 11.4 Å². The molecule has 1 aromatic heterocycles. The number of nitrogens with one attached hydrogen (secondary N) is 1. The van der Waals surface area contributed by atoms with Crippen LogP contribution in [-0.4, -0.2) is 47.6 Å². The number of rotatable bonds is 9. The van der Waals surface area contributed by atoms with Gasteiger partial charge in [-0.25, -0.2) is 0 Å². The molecule has 8 heteroatoms. The highest BCUT2D eigenvalue weighted by Crippen LogP contribution is 2.31. The maximum Gasteiger partial charge on any atom is 0.234 e. The van der Waals surface area contributed by atoms with Gasteiger partial charge in [0.1, 0.15) is 5.75 Å². The lowest BCUT2D eigenvalue weighted by atomic mass is 10.2. The molecule has 30 heavy (non-hydrogen) atoms. The molecule has 0 aliphatic rings. The highest BCUT2D eigenvalue weighted by molar-refractivity contribution is 7.99. The molecule has 1 N–H and O–H groups in total. The molecule has 0 atom stereocenters. The maximum atomic E-state index is 12.4. The van der Waals surface area contributed by atoms with Gasteiger partial charge in [-0.1, -0.05) is 30.0 Å². The normalized spacial score (nSPS) is 10.5. The van der Waals surface area contributed by atoms with Crippen LogP contribution in [0.15, 0.2) is 66.3 Å². The van der Waals surface area contributed by atoms with Gasteiger partial charge in [0.05, 0.1) is 18.4 Å². The molecule has 0 aliphatic heterocycles. The summed E-state index contributed by atoms with van der Waals surface area (Å²) in [6.07, 6.45) is 1.78. The average Bonchev–Trinajstić information content (AvgIpc) is 3.15. The van der Waals surface area contributed by atoms with E-state index in [1.54, 1.807) is 13.2 Å². The van der Waals surface area contributed by atoms with E-state index in [4.69, 9.17) is 4.74 Å². The van der Waals surface area contributed by atoms with Gasteiger partial charge in [0.2, 0.25) is 5.91 Å². The molecule has 0 spiro atoms. The predicted molar refractivity (Wildman–Crippen MR) is 122 cm³/mol. The van der Waals surface area contributed by atoms with Crippen LogP contribution < -0.4 is 15.0 Å². The van der Waals surface area contributed by atoms with Gasteiger partial charge in [-0.3, -0.25) is 9.36 Å². The predicted octanol–water partition coefficient (Wildman–Crippen LogP) is 3.94. The number of amides is 1. The Bertz CT molecular complexity index is 1010. The maximum absolute atomic E-state index is 12.4. The number of carbonyl (C=O) groups excluding carboxylic acids is 1. The first-order valence-electron chi connectivity index (χ1n) is 9.41. The third-order valence-corrected chi connectivity index (χ3v) is 5.34. The van der Waals surface area contributed by atoms with E-state index in [9.17, 15) is 4.79 Å². The zero-order valence-corrected chi connectivity index (χ0v) is 18.1. The van der Waals surface area contributed by atoms with Gasteiger partial charge in [-0.2, -0.15) is 0 Å². The first kappa shape index (κ1) is 21.4. The fraction of sp³-hybridized carbons (Fsp3) is 0.227. The van der Waals surface area contributed by atoms with Crippen LogP contribution in [-0.2, 0) is 11.3 Å². The Hall–Kier alpha value is -3.26. The zero-order valence-electron chi connectivity index (χ0n) is 17.3. The van der Waals surface area contributed by atoms with E-state index in [-0.39, 0.29) is 11.7 Å². The fourth-order valence-electron chi connectivity index (χ4n) is 2.89. The van der Waals surface area contributed by atoms with Gasteiger partial charge >= 0.3 is 0 Å². The summed E-state index contributed by atoms with van der Waals surface area (Å²) in [6.45, 7) is 4.35. The SMILES string of the molecule is C=CCn1c(SCC(=O)Nc2ccc(N(C)C)cc2)nnc1-c1ccccc1OC. The highest BCUT2D eigenvalue weighted by Gasteiger charge is 2.17. The molecule has 0 radical (unpaired) electrons. The summed E-state index contributed by atoms with van der Waals surface area (Å²) in [6, 6.07) is 15.3. The third kappa shape index (κ3) is 5.01. The van der Waals surface area contributed by atoms with Crippen molar-refractivity contribution in [1.29, 1.82) is 0 Å². The Balaban J connectivity index is 1.71. The van der Waals surface area contributed by atoms with Gasteiger partial charge in [-0.05, 0) is 36.4 Å². The molecular weight excluding hydrogens is 398 g/mol. The fourth-order valence-corrected chi connectivity index (χ4v) is 3.64. The molecule has 3 rings (SSSR count). The second kappa shape index (κ2) is 9.98. The van der Waals surface area contributed by atoms with Crippen molar-refractivity contribution in [2.75, 3.05) is 37.2 Å². The van der Waals surface area contributed by atoms with Crippen molar-refractivity contribution in [3.63, 3.8) is 0 Å². The summed E-state index contributed by atoms with van der Waals surface area (Å²) in [7, 11) is 5.57. The van der Waals surface area contributed by atoms with Crippen molar-refractivity contribution in [3.05, 3.63) is 61.2 Å². The second-order valence-corrected chi connectivity index (χ2v) is 7.63. The second-order valence-electron chi connectivity index (χ2n) is 6.68. The van der Waals surface area contributed by atoms with Crippen LogP contribution in [0.2, 0.25) is 0 Å². The largest absolute Gasteiger partial charge is 0.496 e. The van der Waals surface area contributed by atoms with E-state index >= 15 is 0 Å². The molecule has 3 aromatic rings. The van der Waals surface area contributed by atoms with E-state index in [2.05, 4.69) is 22.1 Å². The Kier molecular flexibility index (Phi) is 7.13. The van der Waals surface area contributed by atoms with Crippen LogP contribution in [0.3, 0.4) is 0 Å². The first-order chi connectivity index (χ1) is 14.5. The van der Waals surface area contributed by atoms with Crippen LogP contribution >= 0.6 is 11.8 Å². The topological polar surface area (TPSA) is 72.3 Å². The van der Waals surface area contributed by atoms with Gasteiger partial charge in [0, 0.05) is 32.0 Å². The highest BCUT2D eigenvalue weighted by atomic mass is 32.2. The summed E-state index contributed by atoms with van der Waals surface area (Å²) in [4.78, 5) is 14.4. The lowest BCUT2D eigenvalue weighted by molar-refractivity contribution is -0.113. The van der Waals surface area contributed by atoms with Crippen molar-refractivity contribution >= 4 is 29.0 Å². The molecule has 0 saturated heterocycles. The standard InChI is InChI=1S/C22H25N5O2S/c1-5-14-27-21(18-8-6-7-9-19(18)29-4)24-25-22(27)30-15-20(28)23-16-10-12-17(13-11-16)26(2)3/h5-13H,1,14-15H2,2-4H3,(H,23,28). The minimum atomic E-state index is -0.107. The minimum absolute atomic E-state index is 0.107. The Morgan fingerprint density at radius 3 is 2.60 bits per heavy atom. The smallest absolute Gasteiger partial charge is 0.234 e. The van der Waals surface area contributed by atoms with Crippen LogP contribution in [0.1, 0.15) is 0 Å². The average molecular weight is 424 g/mol. The molecule has 156 valence electrons.